The van der Waals surface area contributed by atoms with Crippen LogP contribution in [0.5, 0.6) is 0 Å². The maximum Gasteiger partial charge on any atom is 0.331 e. The molecule has 0 saturated carbocycles. The number of aliphatic carboxylic acids is 1. The molecule has 0 aliphatic heterocycles. The van der Waals surface area contributed by atoms with Gasteiger partial charge < -0.3 is 5.11 Å². The van der Waals surface area contributed by atoms with Crippen molar-refractivity contribution in [2.45, 2.75) is 13.0 Å². The predicted molar refractivity (Wildman–Crippen MR) is 57.0 cm³/mol. The second kappa shape index (κ2) is 4.14. The van der Waals surface area contributed by atoms with Gasteiger partial charge in [-0.25, -0.2) is 4.79 Å². The Bertz CT molecular complexity index is 493. The summed E-state index contributed by atoms with van der Waals surface area (Å²) in [6.07, 6.45) is 1.43. The number of benzene rings is 1. The fourth-order valence-electron chi connectivity index (χ4n) is 1.61. The Kier molecular flexibility index (Phi) is 2.68. The second-order valence-electron chi connectivity index (χ2n) is 3.44. The molecule has 5 heteroatoms. The third-order valence-corrected chi connectivity index (χ3v) is 2.38. The Morgan fingerprint density at radius 3 is 2.56 bits per heavy atom. The summed E-state index contributed by atoms with van der Waals surface area (Å²) in [4.78, 5) is 11.3. The van der Waals surface area contributed by atoms with Crippen molar-refractivity contribution in [2.75, 3.05) is 0 Å². The van der Waals surface area contributed by atoms with Gasteiger partial charge in [0.05, 0.1) is 0 Å². The molecule has 82 valence electrons. The smallest absolute Gasteiger partial charge is 0.331 e. The van der Waals surface area contributed by atoms with Crippen LogP contribution >= 0.6 is 0 Å². The van der Waals surface area contributed by atoms with E-state index in [9.17, 15) is 9.90 Å². The topological polar surface area (TPSA) is 68.0 Å². The predicted octanol–water partition coefficient (Wildman–Crippen LogP) is 1.26. The van der Waals surface area contributed by atoms with Crippen molar-refractivity contribution >= 4 is 5.97 Å². The summed E-state index contributed by atoms with van der Waals surface area (Å²) in [5, 5.41) is 16.7. The van der Waals surface area contributed by atoms with E-state index >= 15 is 0 Å². The lowest BCUT2D eigenvalue weighted by molar-refractivity contribution is -0.139. The van der Waals surface area contributed by atoms with Gasteiger partial charge in [0.2, 0.25) is 0 Å². The van der Waals surface area contributed by atoms with Gasteiger partial charge >= 0.3 is 5.97 Å². The highest BCUT2D eigenvalue weighted by atomic mass is 16.4. The van der Waals surface area contributed by atoms with Crippen LogP contribution in [0.3, 0.4) is 0 Å². The highest BCUT2D eigenvalue weighted by Crippen LogP contribution is 2.19. The largest absolute Gasteiger partial charge is 0.479 e. The zero-order chi connectivity index (χ0) is 11.5. The lowest BCUT2D eigenvalue weighted by Gasteiger charge is -2.14. The van der Waals surface area contributed by atoms with Crippen LogP contribution in [0, 0.1) is 6.92 Å². The van der Waals surface area contributed by atoms with E-state index in [-0.39, 0.29) is 0 Å². The third-order valence-electron chi connectivity index (χ3n) is 2.38. The van der Waals surface area contributed by atoms with E-state index in [1.54, 1.807) is 19.1 Å². The molecule has 0 bridgehead atoms. The number of aryl methyl sites for hydroxylation is 1. The molecular formula is C11H11N3O2. The van der Waals surface area contributed by atoms with Gasteiger partial charge in [0, 0.05) is 0 Å². The molecule has 1 atom stereocenters. The van der Waals surface area contributed by atoms with Crippen LogP contribution < -0.4 is 0 Å². The van der Waals surface area contributed by atoms with Gasteiger partial charge in [-0.2, -0.15) is 0 Å². The molecule has 0 saturated heterocycles. The van der Waals surface area contributed by atoms with Crippen molar-refractivity contribution in [2.24, 2.45) is 0 Å². The Morgan fingerprint density at radius 2 is 2.06 bits per heavy atom. The van der Waals surface area contributed by atoms with E-state index < -0.39 is 12.0 Å². The van der Waals surface area contributed by atoms with Crippen LogP contribution in [-0.2, 0) is 4.79 Å². The summed E-state index contributed by atoms with van der Waals surface area (Å²) in [6.45, 7) is 1.73. The van der Waals surface area contributed by atoms with Gasteiger partial charge in [-0.3, -0.25) is 4.57 Å². The molecule has 1 aromatic heterocycles. The summed E-state index contributed by atoms with van der Waals surface area (Å²) in [5.74, 6) is -0.342. The minimum Gasteiger partial charge on any atom is -0.479 e. The van der Waals surface area contributed by atoms with Gasteiger partial charge in [0.1, 0.15) is 12.2 Å². The summed E-state index contributed by atoms with van der Waals surface area (Å²) in [6, 6.07) is 8.25. The highest BCUT2D eigenvalue weighted by Gasteiger charge is 2.22. The molecule has 5 nitrogen and oxygen atoms in total. The zero-order valence-corrected chi connectivity index (χ0v) is 8.74. The Morgan fingerprint density at radius 1 is 1.38 bits per heavy atom. The van der Waals surface area contributed by atoms with Gasteiger partial charge in [-0.05, 0) is 12.5 Å². The van der Waals surface area contributed by atoms with Crippen molar-refractivity contribution in [3.8, 4) is 0 Å². The number of nitrogens with zero attached hydrogens (tertiary/aromatic N) is 3. The van der Waals surface area contributed by atoms with Crippen LogP contribution in [0.2, 0.25) is 0 Å². The first-order chi connectivity index (χ1) is 7.70. The zero-order valence-electron chi connectivity index (χ0n) is 8.74. The van der Waals surface area contributed by atoms with Crippen molar-refractivity contribution in [3.05, 3.63) is 48.0 Å². The molecule has 1 unspecified atom stereocenters. The Balaban J connectivity index is 2.48. The minimum absolute atomic E-state index is 0.580. The molecule has 0 spiro atoms. The molecule has 16 heavy (non-hydrogen) atoms. The van der Waals surface area contributed by atoms with E-state index in [1.165, 1.54) is 10.9 Å². The quantitative estimate of drug-likeness (QED) is 0.840. The molecule has 0 radical (unpaired) electrons. The average Bonchev–Trinajstić information content (AvgIpc) is 2.66. The molecule has 2 aromatic rings. The van der Waals surface area contributed by atoms with Crippen molar-refractivity contribution < 1.29 is 9.90 Å². The first kappa shape index (κ1) is 10.4. The summed E-state index contributed by atoms with van der Waals surface area (Å²) >= 11 is 0. The summed E-state index contributed by atoms with van der Waals surface area (Å²) in [7, 11) is 0. The average molecular weight is 217 g/mol. The van der Waals surface area contributed by atoms with E-state index in [0.717, 1.165) is 0 Å². The number of carbonyl (C=O) groups is 1. The molecule has 0 fully saturated rings. The molecule has 0 amide bonds. The monoisotopic (exact) mass is 217 g/mol. The van der Waals surface area contributed by atoms with Crippen LogP contribution in [0.25, 0.3) is 0 Å². The molecule has 0 aliphatic carbocycles. The molecule has 0 aliphatic rings. The van der Waals surface area contributed by atoms with Gasteiger partial charge in [-0.1, -0.05) is 30.3 Å². The Labute approximate surface area is 92.4 Å². The lowest BCUT2D eigenvalue weighted by Crippen LogP contribution is -2.20. The molecule has 1 heterocycles. The molecule has 1 aromatic carbocycles. The van der Waals surface area contributed by atoms with E-state index in [4.69, 9.17) is 0 Å². The maximum atomic E-state index is 11.3. The number of aromatic nitrogens is 3. The number of rotatable bonds is 3. The van der Waals surface area contributed by atoms with Crippen LogP contribution in [0.1, 0.15) is 17.4 Å². The number of hydrogen-bond donors (Lipinski definition) is 1. The highest BCUT2D eigenvalue weighted by molar-refractivity contribution is 5.76. The summed E-state index contributed by atoms with van der Waals surface area (Å²) in [5.41, 5.74) is 0.706. The van der Waals surface area contributed by atoms with Gasteiger partial charge in [0.15, 0.2) is 6.04 Å². The number of hydrogen-bond acceptors (Lipinski definition) is 3. The van der Waals surface area contributed by atoms with Crippen molar-refractivity contribution in [1.29, 1.82) is 0 Å². The molecular weight excluding hydrogens is 206 g/mol. The summed E-state index contributed by atoms with van der Waals surface area (Å²) < 4.78 is 1.54. The van der Waals surface area contributed by atoms with E-state index in [0.29, 0.717) is 11.4 Å². The van der Waals surface area contributed by atoms with Crippen LogP contribution in [0.15, 0.2) is 36.7 Å². The van der Waals surface area contributed by atoms with Crippen molar-refractivity contribution in [3.63, 3.8) is 0 Å². The Hall–Kier alpha value is -2.17. The number of carboxylic acid groups (broad SMARTS) is 1. The normalized spacial score (nSPS) is 12.3. The van der Waals surface area contributed by atoms with Crippen LogP contribution in [-0.4, -0.2) is 25.8 Å². The SMILES string of the molecule is Cc1nncn1C(C(=O)O)c1ccccc1. The van der Waals surface area contributed by atoms with E-state index in [1.807, 2.05) is 18.2 Å². The third kappa shape index (κ3) is 1.79. The second-order valence-corrected chi connectivity index (χ2v) is 3.44. The lowest BCUT2D eigenvalue weighted by atomic mass is 10.1. The van der Waals surface area contributed by atoms with Crippen molar-refractivity contribution in [1.82, 2.24) is 14.8 Å². The standard InChI is InChI=1S/C11H11N3O2/c1-8-13-12-7-14(8)10(11(15)16)9-5-3-2-4-6-9/h2-7,10H,1H3,(H,15,16). The first-order valence-corrected chi connectivity index (χ1v) is 4.84. The van der Waals surface area contributed by atoms with Gasteiger partial charge in [-0.15, -0.1) is 10.2 Å². The van der Waals surface area contributed by atoms with Gasteiger partial charge in [0.25, 0.3) is 0 Å². The molecule has 1 N–H and O–H groups in total. The fraction of sp³-hybridized carbons (Fsp3) is 0.182. The fourth-order valence-corrected chi connectivity index (χ4v) is 1.61. The number of carboxylic acids is 1. The van der Waals surface area contributed by atoms with Crippen LogP contribution in [0.4, 0.5) is 0 Å². The first-order valence-electron chi connectivity index (χ1n) is 4.84. The maximum absolute atomic E-state index is 11.3. The molecule has 2 rings (SSSR count). The van der Waals surface area contributed by atoms with E-state index in [2.05, 4.69) is 10.2 Å². The minimum atomic E-state index is -0.922.